The van der Waals surface area contributed by atoms with Gasteiger partial charge in [0.25, 0.3) is 0 Å². The number of aromatic carboxylic acids is 1. The summed E-state index contributed by atoms with van der Waals surface area (Å²) in [6.45, 7) is 0.374. The molecule has 0 saturated carbocycles. The molecule has 104 valence electrons. The van der Waals surface area contributed by atoms with Crippen LogP contribution in [0.15, 0.2) is 35.3 Å². The third-order valence-electron chi connectivity index (χ3n) is 2.54. The Kier molecular flexibility index (Phi) is 4.46. The lowest BCUT2D eigenvalue weighted by Crippen LogP contribution is -2.17. The van der Waals surface area contributed by atoms with Gasteiger partial charge in [0.15, 0.2) is 0 Å². The van der Waals surface area contributed by atoms with Gasteiger partial charge in [-0.1, -0.05) is 6.07 Å². The summed E-state index contributed by atoms with van der Waals surface area (Å²) < 4.78 is 2.05. The third kappa shape index (κ3) is 3.41. The lowest BCUT2D eigenvalue weighted by atomic mass is 10.1. The number of carbonyl (C=O) groups is 2. The number of para-hydroxylation sites is 1. The second kappa shape index (κ2) is 6.29. The summed E-state index contributed by atoms with van der Waals surface area (Å²) >= 11 is 3.23. The van der Waals surface area contributed by atoms with Crippen LogP contribution in [0.25, 0.3) is 0 Å². The van der Waals surface area contributed by atoms with Crippen LogP contribution >= 0.6 is 15.9 Å². The van der Waals surface area contributed by atoms with Crippen LogP contribution in [-0.2, 0) is 11.3 Å². The van der Waals surface area contributed by atoms with Crippen LogP contribution in [0.3, 0.4) is 0 Å². The number of aryl methyl sites for hydroxylation is 1. The first-order valence-electron chi connectivity index (χ1n) is 5.72. The number of halogens is 1. The fraction of sp³-hybridized carbons (Fsp3) is 0.167. The molecule has 0 fully saturated rings. The van der Waals surface area contributed by atoms with Gasteiger partial charge >= 0.3 is 5.97 Å². The Morgan fingerprint density at radius 2 is 2.20 bits per heavy atom. The summed E-state index contributed by atoms with van der Waals surface area (Å²) in [5, 5.41) is 15.6. The lowest BCUT2D eigenvalue weighted by Gasteiger charge is -2.10. The van der Waals surface area contributed by atoms with E-state index >= 15 is 0 Å². The van der Waals surface area contributed by atoms with Crippen LogP contribution in [0.1, 0.15) is 16.8 Å². The molecule has 0 saturated heterocycles. The lowest BCUT2D eigenvalue weighted by molar-refractivity contribution is -0.116. The molecule has 1 aromatic heterocycles. The van der Waals surface area contributed by atoms with Gasteiger partial charge < -0.3 is 10.4 Å². The minimum absolute atomic E-state index is 0.0356. The number of nitrogens with zero attached hydrogens (tertiary/aromatic N) is 3. The second-order valence-corrected chi connectivity index (χ2v) is 4.78. The Balaban J connectivity index is 2.06. The van der Waals surface area contributed by atoms with Gasteiger partial charge in [-0.05, 0) is 28.1 Å². The molecule has 2 rings (SSSR count). The summed E-state index contributed by atoms with van der Waals surface area (Å²) in [5.41, 5.74) is 0.289. The molecule has 0 bridgehead atoms. The molecule has 0 radical (unpaired) electrons. The summed E-state index contributed by atoms with van der Waals surface area (Å²) in [7, 11) is 0. The standard InChI is InChI=1S/C12H11BrN4O3/c13-9-3-1-2-8(12(19)20)11(9)16-10(18)4-5-17-7-14-6-15-17/h1-3,6-7H,4-5H2,(H,16,18)(H,19,20). The zero-order valence-electron chi connectivity index (χ0n) is 10.3. The van der Waals surface area contributed by atoms with Crippen molar-refractivity contribution < 1.29 is 14.7 Å². The van der Waals surface area contributed by atoms with Crippen molar-refractivity contribution in [3.63, 3.8) is 0 Å². The highest BCUT2D eigenvalue weighted by atomic mass is 79.9. The molecule has 0 aliphatic rings. The van der Waals surface area contributed by atoms with E-state index in [1.807, 2.05) is 0 Å². The number of hydrogen-bond donors (Lipinski definition) is 2. The van der Waals surface area contributed by atoms with E-state index in [1.54, 1.807) is 12.1 Å². The zero-order chi connectivity index (χ0) is 14.5. The Labute approximate surface area is 122 Å². The van der Waals surface area contributed by atoms with Gasteiger partial charge in [0, 0.05) is 10.9 Å². The minimum Gasteiger partial charge on any atom is -0.478 e. The third-order valence-corrected chi connectivity index (χ3v) is 3.20. The number of carboxylic acids is 1. The van der Waals surface area contributed by atoms with E-state index in [0.29, 0.717) is 11.0 Å². The van der Waals surface area contributed by atoms with E-state index in [2.05, 4.69) is 31.3 Å². The van der Waals surface area contributed by atoms with Crippen molar-refractivity contribution in [1.82, 2.24) is 14.8 Å². The van der Waals surface area contributed by atoms with Gasteiger partial charge in [0.1, 0.15) is 12.7 Å². The Bertz CT molecular complexity index is 628. The molecule has 0 aliphatic carbocycles. The monoisotopic (exact) mass is 338 g/mol. The molecule has 0 unspecified atom stereocenters. The van der Waals surface area contributed by atoms with E-state index in [9.17, 15) is 9.59 Å². The first-order valence-corrected chi connectivity index (χ1v) is 6.51. The van der Waals surface area contributed by atoms with Crippen LogP contribution in [-0.4, -0.2) is 31.7 Å². The van der Waals surface area contributed by atoms with Crippen molar-refractivity contribution >= 4 is 33.5 Å². The van der Waals surface area contributed by atoms with Crippen molar-refractivity contribution in [2.24, 2.45) is 0 Å². The second-order valence-electron chi connectivity index (χ2n) is 3.92. The van der Waals surface area contributed by atoms with Crippen molar-refractivity contribution in [2.45, 2.75) is 13.0 Å². The normalized spacial score (nSPS) is 10.2. The average molecular weight is 339 g/mol. The summed E-state index contributed by atoms with van der Waals surface area (Å²) in [5.74, 6) is -1.40. The maximum atomic E-state index is 11.8. The van der Waals surface area contributed by atoms with E-state index in [1.165, 1.54) is 23.4 Å². The number of hydrogen-bond acceptors (Lipinski definition) is 4. The first-order chi connectivity index (χ1) is 9.58. The van der Waals surface area contributed by atoms with E-state index in [0.717, 1.165) is 0 Å². The highest BCUT2D eigenvalue weighted by Gasteiger charge is 2.15. The molecule has 1 aromatic carbocycles. The Morgan fingerprint density at radius 1 is 1.40 bits per heavy atom. The number of aromatic nitrogens is 3. The molecular formula is C12H11BrN4O3. The number of carboxylic acid groups (broad SMARTS) is 1. The summed E-state index contributed by atoms with van der Waals surface area (Å²) in [4.78, 5) is 26.7. The highest BCUT2D eigenvalue weighted by Crippen LogP contribution is 2.26. The van der Waals surface area contributed by atoms with Crippen LogP contribution in [0.2, 0.25) is 0 Å². The molecule has 1 amide bonds. The van der Waals surface area contributed by atoms with Crippen LogP contribution in [0.4, 0.5) is 5.69 Å². The van der Waals surface area contributed by atoms with Crippen LogP contribution in [0.5, 0.6) is 0 Å². The predicted octanol–water partition coefficient (Wildman–Crippen LogP) is 1.77. The van der Waals surface area contributed by atoms with Crippen LogP contribution < -0.4 is 5.32 Å². The number of nitrogens with one attached hydrogen (secondary N) is 1. The van der Waals surface area contributed by atoms with Crippen molar-refractivity contribution in [3.8, 4) is 0 Å². The number of carbonyl (C=O) groups excluding carboxylic acids is 1. The maximum Gasteiger partial charge on any atom is 0.337 e. The molecule has 1 heterocycles. The summed E-state index contributed by atoms with van der Waals surface area (Å²) in [6, 6.07) is 4.69. The fourth-order valence-electron chi connectivity index (χ4n) is 1.60. The van der Waals surface area contributed by atoms with Crippen molar-refractivity contribution in [2.75, 3.05) is 5.32 Å². The van der Waals surface area contributed by atoms with E-state index in [-0.39, 0.29) is 23.6 Å². The van der Waals surface area contributed by atoms with Crippen molar-refractivity contribution in [3.05, 3.63) is 40.9 Å². The van der Waals surface area contributed by atoms with E-state index < -0.39 is 5.97 Å². The van der Waals surface area contributed by atoms with Gasteiger partial charge in [-0.3, -0.25) is 9.48 Å². The molecule has 7 nitrogen and oxygen atoms in total. The number of amides is 1. The average Bonchev–Trinajstić information content (AvgIpc) is 2.91. The van der Waals surface area contributed by atoms with Gasteiger partial charge in [-0.2, -0.15) is 5.10 Å². The van der Waals surface area contributed by atoms with Gasteiger partial charge in [0.2, 0.25) is 5.91 Å². The largest absolute Gasteiger partial charge is 0.478 e. The summed E-state index contributed by atoms with van der Waals surface area (Å²) in [6.07, 6.45) is 3.06. The molecule has 2 aromatic rings. The first kappa shape index (κ1) is 14.2. The highest BCUT2D eigenvalue weighted by molar-refractivity contribution is 9.10. The Hall–Kier alpha value is -2.22. The smallest absolute Gasteiger partial charge is 0.337 e. The number of benzene rings is 1. The molecule has 8 heteroatoms. The van der Waals surface area contributed by atoms with E-state index in [4.69, 9.17) is 5.11 Å². The minimum atomic E-state index is -1.10. The molecule has 0 atom stereocenters. The zero-order valence-corrected chi connectivity index (χ0v) is 11.9. The Morgan fingerprint density at radius 3 is 2.85 bits per heavy atom. The number of rotatable bonds is 5. The molecule has 0 aliphatic heterocycles. The van der Waals surface area contributed by atoms with Gasteiger partial charge in [-0.25, -0.2) is 9.78 Å². The molecular weight excluding hydrogens is 328 g/mol. The van der Waals surface area contributed by atoms with Crippen LogP contribution in [0, 0.1) is 0 Å². The topological polar surface area (TPSA) is 97.1 Å². The van der Waals surface area contributed by atoms with Gasteiger partial charge in [0.05, 0.1) is 17.8 Å². The van der Waals surface area contributed by atoms with Gasteiger partial charge in [-0.15, -0.1) is 0 Å². The quantitative estimate of drug-likeness (QED) is 0.865. The molecule has 20 heavy (non-hydrogen) atoms. The molecule has 0 spiro atoms. The maximum absolute atomic E-state index is 11.8. The fourth-order valence-corrected chi connectivity index (χ4v) is 2.06. The number of anilines is 1. The van der Waals surface area contributed by atoms with Crippen molar-refractivity contribution in [1.29, 1.82) is 0 Å². The predicted molar refractivity (Wildman–Crippen MR) is 74.4 cm³/mol. The molecule has 2 N–H and O–H groups in total. The SMILES string of the molecule is O=C(CCn1cncn1)Nc1c(Br)cccc1C(=O)O.